The Kier molecular flexibility index (Phi) is 7.64. The van der Waals surface area contributed by atoms with Gasteiger partial charge in [-0.3, -0.25) is 0 Å². The normalized spacial score (nSPS) is 12.2. The third-order valence-corrected chi connectivity index (χ3v) is 11.6. The quantitative estimate of drug-likeness (QED) is 0.124. The molecule has 1 atom stereocenters. The topological polar surface area (TPSA) is 13.1 Å². The second kappa shape index (κ2) is 13.3. The highest BCUT2D eigenvalue weighted by Gasteiger charge is 2.24. The number of hydrogen-bond donors (Lipinski definition) is 0. The van der Waals surface area contributed by atoms with E-state index < -0.39 is 0 Å². The molecule has 11 aromatic rings. The molecule has 0 saturated carbocycles. The molecule has 10 aromatic carbocycles. The summed E-state index contributed by atoms with van der Waals surface area (Å²) in [5.74, 6) is -0.0350. The van der Waals surface area contributed by atoms with Gasteiger partial charge in [-0.2, -0.15) is 0 Å². The van der Waals surface area contributed by atoms with E-state index in [4.69, 9.17) is 4.42 Å². The first-order valence-corrected chi connectivity index (χ1v) is 19.4. The molecule has 0 N–H and O–H groups in total. The smallest absolute Gasteiger partial charge is 0.143 e. The van der Waals surface area contributed by atoms with Gasteiger partial charge in [-0.25, -0.2) is 0 Å². The van der Waals surface area contributed by atoms with Gasteiger partial charge in [0.2, 0.25) is 0 Å². The van der Waals surface area contributed by atoms with Crippen molar-refractivity contribution in [2.45, 2.75) is 5.92 Å². The van der Waals surface area contributed by atoms with E-state index in [1.54, 1.807) is 0 Å². The highest BCUT2D eigenvalue weighted by atomic mass is 16.3. The van der Waals surface area contributed by atoms with Gasteiger partial charge in [-0.15, -0.1) is 0 Å². The van der Waals surface area contributed by atoms with Crippen LogP contribution in [-0.4, -0.2) is 0 Å². The summed E-state index contributed by atoms with van der Waals surface area (Å²) in [6.45, 7) is 0. The summed E-state index contributed by atoms with van der Waals surface area (Å²) in [5, 5.41) is 9.68. The van der Waals surface area contributed by atoms with Crippen molar-refractivity contribution in [3.63, 3.8) is 0 Å². The lowest BCUT2D eigenvalue weighted by molar-refractivity contribution is 0.673. The fourth-order valence-electron chi connectivity index (χ4n) is 8.87. The first-order chi connectivity index (χ1) is 27.8. The third-order valence-electron chi connectivity index (χ3n) is 11.6. The maximum Gasteiger partial charge on any atom is 0.143 e. The molecule has 0 aliphatic carbocycles. The number of hydrogen-bond acceptors (Lipinski definition) is 1. The van der Waals surface area contributed by atoms with E-state index >= 15 is 0 Å². The SMILES string of the molecule is c1ccc(-c2cccc(C(c3ccc(-c4ccc5c(ccc6ccccc65)c4)cc3)c3cc4c5cccc(-c6ccccc6)c5oc4c4ccccc34)c2)cc1. The monoisotopic (exact) mass is 712 g/mol. The maximum atomic E-state index is 6.89. The number of fused-ring (bicyclic) bond motifs is 8. The maximum absolute atomic E-state index is 6.89. The van der Waals surface area contributed by atoms with Crippen molar-refractivity contribution in [2.75, 3.05) is 0 Å². The van der Waals surface area contributed by atoms with Crippen molar-refractivity contribution in [1.82, 2.24) is 0 Å². The molecule has 1 heterocycles. The van der Waals surface area contributed by atoms with Crippen LogP contribution >= 0.6 is 0 Å². The van der Waals surface area contributed by atoms with Crippen molar-refractivity contribution >= 4 is 54.3 Å². The van der Waals surface area contributed by atoms with Gasteiger partial charge in [-0.1, -0.05) is 200 Å². The number of furan rings is 1. The highest BCUT2D eigenvalue weighted by molar-refractivity contribution is 6.18. The van der Waals surface area contributed by atoms with E-state index in [0.29, 0.717) is 0 Å². The molecule has 1 aromatic heterocycles. The molecule has 56 heavy (non-hydrogen) atoms. The Balaban J connectivity index is 1.11. The molecule has 11 rings (SSSR count). The van der Waals surface area contributed by atoms with E-state index in [2.05, 4.69) is 212 Å². The van der Waals surface area contributed by atoms with Gasteiger partial charge in [0.1, 0.15) is 11.2 Å². The predicted molar refractivity (Wildman–Crippen MR) is 236 cm³/mol. The van der Waals surface area contributed by atoms with E-state index in [1.165, 1.54) is 65.9 Å². The molecule has 0 fully saturated rings. The Labute approximate surface area is 325 Å². The first kappa shape index (κ1) is 32.2. The zero-order valence-corrected chi connectivity index (χ0v) is 30.7. The van der Waals surface area contributed by atoms with Crippen LogP contribution in [-0.2, 0) is 0 Å². The standard InChI is InChI=1S/C55H36O/c1-3-13-36(14-4-1)41-18-11-19-44(34-41)53(40-28-25-37(26-29-40)42-31-32-46-43(33-42)30-27-39-17-7-8-20-45(39)46)51-35-52-50-24-12-23-47(38-15-5-2-6-16-38)54(50)56-55(52)49-22-10-9-21-48(49)51/h1-35,53H. The highest BCUT2D eigenvalue weighted by Crippen LogP contribution is 2.45. The average molecular weight is 713 g/mol. The Morgan fingerprint density at radius 3 is 1.68 bits per heavy atom. The van der Waals surface area contributed by atoms with Crippen LogP contribution in [0, 0.1) is 0 Å². The van der Waals surface area contributed by atoms with Gasteiger partial charge in [0.15, 0.2) is 0 Å². The molecular weight excluding hydrogens is 677 g/mol. The minimum Gasteiger partial charge on any atom is -0.455 e. The van der Waals surface area contributed by atoms with Crippen molar-refractivity contribution in [2.24, 2.45) is 0 Å². The number of para-hydroxylation sites is 1. The fraction of sp³-hybridized carbons (Fsp3) is 0.0182. The molecule has 1 nitrogen and oxygen atoms in total. The van der Waals surface area contributed by atoms with Crippen LogP contribution in [0.3, 0.4) is 0 Å². The largest absolute Gasteiger partial charge is 0.455 e. The van der Waals surface area contributed by atoms with Crippen LogP contribution in [0.1, 0.15) is 22.6 Å². The molecule has 0 saturated heterocycles. The molecule has 0 aliphatic rings. The zero-order valence-electron chi connectivity index (χ0n) is 30.7. The second-order valence-corrected chi connectivity index (χ2v) is 14.8. The van der Waals surface area contributed by atoms with Crippen LogP contribution in [0.25, 0.3) is 87.6 Å². The second-order valence-electron chi connectivity index (χ2n) is 14.8. The molecule has 0 bridgehead atoms. The summed E-state index contributed by atoms with van der Waals surface area (Å²) in [7, 11) is 0. The fourth-order valence-corrected chi connectivity index (χ4v) is 8.87. The summed E-state index contributed by atoms with van der Waals surface area (Å²) >= 11 is 0. The summed E-state index contributed by atoms with van der Waals surface area (Å²) in [6, 6.07) is 77.3. The van der Waals surface area contributed by atoms with Crippen LogP contribution in [0.5, 0.6) is 0 Å². The third kappa shape index (κ3) is 5.40. The van der Waals surface area contributed by atoms with Gasteiger partial charge >= 0.3 is 0 Å². The summed E-state index contributed by atoms with van der Waals surface area (Å²) in [6.07, 6.45) is 0. The molecule has 0 amide bonds. The lowest BCUT2D eigenvalue weighted by Crippen LogP contribution is -2.05. The zero-order chi connectivity index (χ0) is 37.0. The molecule has 0 aliphatic heterocycles. The minimum atomic E-state index is -0.0350. The minimum absolute atomic E-state index is 0.0350. The molecule has 1 unspecified atom stereocenters. The Bertz CT molecular complexity index is 3230. The molecule has 262 valence electrons. The van der Waals surface area contributed by atoms with Gasteiger partial charge in [0, 0.05) is 27.6 Å². The van der Waals surface area contributed by atoms with Crippen LogP contribution in [0.15, 0.2) is 217 Å². The molecule has 0 radical (unpaired) electrons. The Hall–Kier alpha value is -7.22. The lowest BCUT2D eigenvalue weighted by atomic mass is 9.81. The Morgan fingerprint density at radius 2 is 0.857 bits per heavy atom. The molecule has 0 spiro atoms. The Morgan fingerprint density at radius 1 is 0.286 bits per heavy atom. The number of rotatable bonds is 6. The molecule has 1 heteroatoms. The first-order valence-electron chi connectivity index (χ1n) is 19.4. The summed E-state index contributed by atoms with van der Waals surface area (Å²) < 4.78 is 6.89. The van der Waals surface area contributed by atoms with E-state index in [9.17, 15) is 0 Å². The van der Waals surface area contributed by atoms with Gasteiger partial charge in [0.25, 0.3) is 0 Å². The van der Waals surface area contributed by atoms with E-state index in [-0.39, 0.29) is 5.92 Å². The summed E-state index contributed by atoms with van der Waals surface area (Å²) in [4.78, 5) is 0. The summed E-state index contributed by atoms with van der Waals surface area (Å²) in [5.41, 5.74) is 12.7. The van der Waals surface area contributed by atoms with E-state index in [1.807, 2.05) is 0 Å². The lowest BCUT2D eigenvalue weighted by Gasteiger charge is -2.22. The van der Waals surface area contributed by atoms with Crippen molar-refractivity contribution in [1.29, 1.82) is 0 Å². The van der Waals surface area contributed by atoms with Crippen LogP contribution < -0.4 is 0 Å². The van der Waals surface area contributed by atoms with Gasteiger partial charge < -0.3 is 4.42 Å². The predicted octanol–water partition coefficient (Wildman–Crippen LogP) is 15.2. The van der Waals surface area contributed by atoms with Gasteiger partial charge in [0.05, 0.1) is 0 Å². The number of benzene rings is 10. The van der Waals surface area contributed by atoms with Crippen molar-refractivity contribution in [3.05, 3.63) is 229 Å². The molecular formula is C55H36O. The van der Waals surface area contributed by atoms with Crippen LogP contribution in [0.2, 0.25) is 0 Å². The average Bonchev–Trinajstić information content (AvgIpc) is 3.66. The van der Waals surface area contributed by atoms with E-state index in [0.717, 1.165) is 38.5 Å². The van der Waals surface area contributed by atoms with Crippen LogP contribution in [0.4, 0.5) is 0 Å². The van der Waals surface area contributed by atoms with Gasteiger partial charge in [-0.05, 0) is 83.6 Å². The van der Waals surface area contributed by atoms with Crippen molar-refractivity contribution in [3.8, 4) is 33.4 Å². The van der Waals surface area contributed by atoms with Crippen molar-refractivity contribution < 1.29 is 4.42 Å².